The van der Waals surface area contributed by atoms with Crippen molar-refractivity contribution in [2.45, 2.75) is 18.6 Å². The first-order chi connectivity index (χ1) is 5.10. The molecule has 0 heterocycles. The Morgan fingerprint density at radius 2 is 2.36 bits per heavy atom. The van der Waals surface area contributed by atoms with E-state index in [1.807, 2.05) is 0 Å². The number of nitrogens with one attached hydrogen (secondary N) is 1. The van der Waals surface area contributed by atoms with Crippen LogP contribution >= 0.6 is 0 Å². The SMILES string of the molecule is CC1(NN)C=CC=C(F)C1F. The van der Waals surface area contributed by atoms with Gasteiger partial charge in [0.15, 0.2) is 6.17 Å². The first kappa shape index (κ1) is 8.36. The average Bonchev–Trinajstić information content (AvgIpc) is 2.00. The summed E-state index contributed by atoms with van der Waals surface area (Å²) in [4.78, 5) is 0. The first-order valence-electron chi connectivity index (χ1n) is 3.27. The van der Waals surface area contributed by atoms with Gasteiger partial charge in [0.05, 0.1) is 5.54 Å². The van der Waals surface area contributed by atoms with Crippen molar-refractivity contribution in [3.8, 4) is 0 Å². The standard InChI is InChI=1S/C7H10F2N2/c1-7(11-10)4-2-3-5(8)6(7)9/h2-4,6,11H,10H2,1H3. The van der Waals surface area contributed by atoms with Gasteiger partial charge in [0, 0.05) is 0 Å². The molecule has 2 atom stereocenters. The molecular weight excluding hydrogens is 150 g/mol. The third-order valence-electron chi connectivity index (χ3n) is 1.78. The van der Waals surface area contributed by atoms with Crippen molar-refractivity contribution in [3.63, 3.8) is 0 Å². The van der Waals surface area contributed by atoms with Crippen molar-refractivity contribution in [2.75, 3.05) is 0 Å². The molecule has 11 heavy (non-hydrogen) atoms. The van der Waals surface area contributed by atoms with E-state index in [1.54, 1.807) is 0 Å². The number of hydrazine groups is 1. The van der Waals surface area contributed by atoms with Gasteiger partial charge in [0.1, 0.15) is 5.83 Å². The Hall–Kier alpha value is -0.740. The van der Waals surface area contributed by atoms with Gasteiger partial charge in [0.25, 0.3) is 0 Å². The normalized spacial score (nSPS) is 37.1. The van der Waals surface area contributed by atoms with Crippen molar-refractivity contribution in [1.82, 2.24) is 5.43 Å². The van der Waals surface area contributed by atoms with E-state index < -0.39 is 17.5 Å². The molecule has 0 radical (unpaired) electrons. The fourth-order valence-electron chi connectivity index (χ4n) is 0.917. The Bertz CT molecular complexity index is 212. The highest BCUT2D eigenvalue weighted by atomic mass is 19.2. The number of nitrogens with two attached hydrogens (primary N) is 1. The van der Waals surface area contributed by atoms with Gasteiger partial charge in [-0.3, -0.25) is 5.84 Å². The lowest BCUT2D eigenvalue weighted by molar-refractivity contribution is 0.206. The lowest BCUT2D eigenvalue weighted by Crippen LogP contribution is -2.53. The lowest BCUT2D eigenvalue weighted by atomic mass is 9.92. The lowest BCUT2D eigenvalue weighted by Gasteiger charge is -2.29. The van der Waals surface area contributed by atoms with E-state index in [-0.39, 0.29) is 0 Å². The largest absolute Gasteiger partial charge is 0.271 e. The van der Waals surface area contributed by atoms with Crippen LogP contribution in [0.5, 0.6) is 0 Å². The molecule has 1 aliphatic rings. The molecule has 0 bridgehead atoms. The van der Waals surface area contributed by atoms with E-state index in [2.05, 4.69) is 5.43 Å². The second kappa shape index (κ2) is 2.71. The third kappa shape index (κ3) is 1.32. The maximum absolute atomic E-state index is 13.0. The molecule has 3 N–H and O–H groups in total. The Morgan fingerprint density at radius 3 is 2.82 bits per heavy atom. The molecule has 0 fully saturated rings. The molecule has 4 heteroatoms. The minimum atomic E-state index is -1.70. The number of halogens is 2. The molecule has 1 rings (SSSR count). The van der Waals surface area contributed by atoms with Crippen molar-refractivity contribution in [2.24, 2.45) is 5.84 Å². The zero-order valence-corrected chi connectivity index (χ0v) is 6.14. The van der Waals surface area contributed by atoms with Crippen LogP contribution in [0.2, 0.25) is 0 Å². The highest BCUT2D eigenvalue weighted by Crippen LogP contribution is 2.26. The van der Waals surface area contributed by atoms with Gasteiger partial charge in [-0.05, 0) is 13.0 Å². The van der Waals surface area contributed by atoms with Crippen LogP contribution in [-0.2, 0) is 0 Å². The minimum Gasteiger partial charge on any atom is -0.271 e. The fraction of sp³-hybridized carbons (Fsp3) is 0.429. The van der Waals surface area contributed by atoms with Crippen LogP contribution < -0.4 is 11.3 Å². The van der Waals surface area contributed by atoms with Crippen molar-refractivity contribution >= 4 is 0 Å². The first-order valence-corrected chi connectivity index (χ1v) is 3.27. The summed E-state index contributed by atoms with van der Waals surface area (Å²) in [7, 11) is 0. The van der Waals surface area contributed by atoms with Crippen LogP contribution in [0.1, 0.15) is 6.92 Å². The van der Waals surface area contributed by atoms with E-state index in [4.69, 9.17) is 5.84 Å². The summed E-state index contributed by atoms with van der Waals surface area (Å²) < 4.78 is 25.6. The predicted octanol–water partition coefficient (Wildman–Crippen LogP) is 0.970. The molecule has 2 unspecified atom stereocenters. The van der Waals surface area contributed by atoms with E-state index in [1.165, 1.54) is 19.1 Å². The highest BCUT2D eigenvalue weighted by molar-refractivity contribution is 5.27. The second-order valence-electron chi connectivity index (χ2n) is 2.70. The zero-order chi connectivity index (χ0) is 8.48. The van der Waals surface area contributed by atoms with Gasteiger partial charge in [-0.2, -0.15) is 0 Å². The van der Waals surface area contributed by atoms with Gasteiger partial charge >= 0.3 is 0 Å². The summed E-state index contributed by atoms with van der Waals surface area (Å²) in [5.74, 6) is 4.26. The van der Waals surface area contributed by atoms with E-state index in [0.717, 1.165) is 6.08 Å². The molecule has 0 amide bonds. The average molecular weight is 160 g/mol. The summed E-state index contributed by atoms with van der Waals surface area (Å²) in [6, 6.07) is 0. The predicted molar refractivity (Wildman–Crippen MR) is 39.0 cm³/mol. The molecule has 0 aromatic rings. The van der Waals surface area contributed by atoms with Crippen LogP contribution in [-0.4, -0.2) is 11.7 Å². The Balaban J connectivity index is 2.88. The van der Waals surface area contributed by atoms with Gasteiger partial charge < -0.3 is 0 Å². The van der Waals surface area contributed by atoms with Gasteiger partial charge in [0.2, 0.25) is 0 Å². The molecular formula is C7H10F2N2. The van der Waals surface area contributed by atoms with E-state index in [9.17, 15) is 8.78 Å². The maximum Gasteiger partial charge on any atom is 0.174 e. The van der Waals surface area contributed by atoms with Crippen LogP contribution in [0, 0.1) is 0 Å². The molecule has 62 valence electrons. The molecule has 0 aliphatic heterocycles. The van der Waals surface area contributed by atoms with Gasteiger partial charge in [-0.15, -0.1) is 0 Å². The van der Waals surface area contributed by atoms with Crippen LogP contribution in [0.15, 0.2) is 24.1 Å². The Morgan fingerprint density at radius 1 is 1.73 bits per heavy atom. The topological polar surface area (TPSA) is 38.0 Å². The van der Waals surface area contributed by atoms with Crippen LogP contribution in [0.4, 0.5) is 8.78 Å². The molecule has 0 saturated heterocycles. The summed E-state index contributed by atoms with van der Waals surface area (Å²) in [6.45, 7) is 1.49. The summed E-state index contributed by atoms with van der Waals surface area (Å²) in [5, 5.41) is 0. The number of hydrogen-bond acceptors (Lipinski definition) is 2. The van der Waals surface area contributed by atoms with Crippen molar-refractivity contribution in [1.29, 1.82) is 0 Å². The molecule has 2 nitrogen and oxygen atoms in total. The summed E-state index contributed by atoms with van der Waals surface area (Å²) >= 11 is 0. The molecule has 0 aromatic carbocycles. The van der Waals surface area contributed by atoms with E-state index >= 15 is 0 Å². The Kier molecular flexibility index (Phi) is 2.06. The number of allylic oxidation sites excluding steroid dienone is 2. The zero-order valence-electron chi connectivity index (χ0n) is 6.14. The summed E-state index contributed by atoms with van der Waals surface area (Å²) in [6.07, 6.45) is 2.31. The van der Waals surface area contributed by atoms with Gasteiger partial charge in [-0.25, -0.2) is 14.2 Å². The van der Waals surface area contributed by atoms with Gasteiger partial charge in [-0.1, -0.05) is 12.2 Å². The Labute approximate surface area is 63.7 Å². The molecule has 0 saturated carbocycles. The van der Waals surface area contributed by atoms with Crippen molar-refractivity contribution in [3.05, 3.63) is 24.1 Å². The second-order valence-corrected chi connectivity index (χ2v) is 2.70. The molecule has 0 spiro atoms. The fourth-order valence-corrected chi connectivity index (χ4v) is 0.917. The smallest absolute Gasteiger partial charge is 0.174 e. The van der Waals surface area contributed by atoms with Crippen LogP contribution in [0.25, 0.3) is 0 Å². The monoisotopic (exact) mass is 160 g/mol. The van der Waals surface area contributed by atoms with E-state index in [0.29, 0.717) is 0 Å². The number of rotatable bonds is 1. The highest BCUT2D eigenvalue weighted by Gasteiger charge is 2.35. The third-order valence-corrected chi connectivity index (χ3v) is 1.78. The van der Waals surface area contributed by atoms with Crippen molar-refractivity contribution < 1.29 is 8.78 Å². The number of alkyl halides is 1. The molecule has 0 aromatic heterocycles. The summed E-state index contributed by atoms with van der Waals surface area (Å²) in [5.41, 5.74) is 1.11. The number of hydrogen-bond donors (Lipinski definition) is 2. The quantitative estimate of drug-likeness (QED) is 0.443. The maximum atomic E-state index is 13.0. The minimum absolute atomic E-state index is 0.798. The molecule has 1 aliphatic carbocycles. The van der Waals surface area contributed by atoms with Crippen LogP contribution in [0.3, 0.4) is 0 Å².